The highest BCUT2D eigenvalue weighted by atomic mass is 32.1. The number of methoxy groups -OCH3 is 1. The van der Waals surface area contributed by atoms with Gasteiger partial charge in [0.2, 0.25) is 0 Å². The van der Waals surface area contributed by atoms with Crippen molar-refractivity contribution in [3.63, 3.8) is 0 Å². The van der Waals surface area contributed by atoms with E-state index in [0.717, 1.165) is 11.4 Å². The first-order chi connectivity index (χ1) is 8.10. The Hall–Kier alpha value is -0.450. The van der Waals surface area contributed by atoms with Gasteiger partial charge in [-0.25, -0.2) is 4.98 Å². The molecule has 1 heterocycles. The molecule has 0 bridgehead atoms. The highest BCUT2D eigenvalue weighted by molar-refractivity contribution is 7.09. The van der Waals surface area contributed by atoms with Crippen LogP contribution < -0.4 is 5.73 Å². The zero-order valence-corrected chi connectivity index (χ0v) is 11.8. The van der Waals surface area contributed by atoms with Crippen LogP contribution in [-0.4, -0.2) is 18.6 Å². The summed E-state index contributed by atoms with van der Waals surface area (Å²) in [6.45, 7) is 4.95. The molecule has 1 aromatic heterocycles. The number of aromatic nitrogens is 1. The molecule has 1 saturated carbocycles. The van der Waals surface area contributed by atoms with Crippen molar-refractivity contribution in [1.29, 1.82) is 0 Å². The van der Waals surface area contributed by atoms with Crippen LogP contribution in [0.3, 0.4) is 0 Å². The van der Waals surface area contributed by atoms with Crippen LogP contribution in [0.2, 0.25) is 0 Å². The minimum absolute atomic E-state index is 0.164. The molecule has 1 atom stereocenters. The minimum atomic E-state index is -0.248. The standard InChI is InChI=1S/C13H22N2OS/c1-4-12(2,16-3)11-15-10(8-17-11)13(9-14)6-5-7-13/h8H,4-7,9,14H2,1-3H3. The van der Waals surface area contributed by atoms with Gasteiger partial charge in [0.1, 0.15) is 10.6 Å². The average molecular weight is 254 g/mol. The van der Waals surface area contributed by atoms with E-state index in [4.69, 9.17) is 15.5 Å². The topological polar surface area (TPSA) is 48.1 Å². The number of hydrogen-bond donors (Lipinski definition) is 1. The van der Waals surface area contributed by atoms with Gasteiger partial charge in [-0.15, -0.1) is 11.3 Å². The van der Waals surface area contributed by atoms with Gasteiger partial charge in [-0.2, -0.15) is 0 Å². The Bertz CT molecular complexity index is 348. The second-order valence-electron chi connectivity index (χ2n) is 5.16. The Kier molecular flexibility index (Phi) is 3.57. The summed E-state index contributed by atoms with van der Waals surface area (Å²) in [4.78, 5) is 4.80. The smallest absolute Gasteiger partial charge is 0.125 e. The van der Waals surface area contributed by atoms with Crippen LogP contribution in [0.15, 0.2) is 5.38 Å². The van der Waals surface area contributed by atoms with E-state index in [-0.39, 0.29) is 11.0 Å². The van der Waals surface area contributed by atoms with Gasteiger partial charge in [0.25, 0.3) is 0 Å². The molecule has 1 fully saturated rings. The van der Waals surface area contributed by atoms with Gasteiger partial charge in [-0.05, 0) is 26.2 Å². The first kappa shape index (κ1) is 13.0. The summed E-state index contributed by atoms with van der Waals surface area (Å²) in [7, 11) is 1.76. The summed E-state index contributed by atoms with van der Waals surface area (Å²) < 4.78 is 5.60. The number of hydrogen-bond acceptors (Lipinski definition) is 4. The third kappa shape index (κ3) is 2.02. The normalized spacial score (nSPS) is 21.9. The van der Waals surface area contributed by atoms with Crippen LogP contribution >= 0.6 is 11.3 Å². The molecule has 0 amide bonds. The molecule has 0 aromatic carbocycles. The molecule has 1 aliphatic rings. The van der Waals surface area contributed by atoms with Crippen molar-refractivity contribution in [2.45, 2.75) is 50.5 Å². The number of nitrogens with two attached hydrogens (primary N) is 1. The maximum Gasteiger partial charge on any atom is 0.125 e. The highest BCUT2D eigenvalue weighted by Gasteiger charge is 2.40. The molecule has 2 rings (SSSR count). The van der Waals surface area contributed by atoms with Crippen molar-refractivity contribution in [3.8, 4) is 0 Å². The summed E-state index contributed by atoms with van der Waals surface area (Å²) in [5.41, 5.74) is 7.02. The lowest BCUT2D eigenvalue weighted by Gasteiger charge is -2.39. The summed E-state index contributed by atoms with van der Waals surface area (Å²) in [6, 6.07) is 0. The van der Waals surface area contributed by atoms with E-state index in [1.165, 1.54) is 25.0 Å². The second-order valence-corrected chi connectivity index (χ2v) is 6.02. The second kappa shape index (κ2) is 4.67. The maximum atomic E-state index is 5.92. The van der Waals surface area contributed by atoms with Gasteiger partial charge in [-0.3, -0.25) is 0 Å². The van der Waals surface area contributed by atoms with E-state index in [2.05, 4.69) is 19.2 Å². The fourth-order valence-electron chi connectivity index (χ4n) is 2.31. The molecular weight excluding hydrogens is 232 g/mol. The Morgan fingerprint density at radius 1 is 1.59 bits per heavy atom. The summed E-state index contributed by atoms with van der Waals surface area (Å²) in [5.74, 6) is 0. The van der Waals surface area contributed by atoms with E-state index < -0.39 is 0 Å². The molecule has 1 unspecified atom stereocenters. The summed E-state index contributed by atoms with van der Waals surface area (Å²) >= 11 is 1.71. The van der Waals surface area contributed by atoms with Crippen LogP contribution in [-0.2, 0) is 15.8 Å². The molecule has 1 aliphatic carbocycles. The Labute approximate surface area is 107 Å². The van der Waals surface area contributed by atoms with Gasteiger partial charge in [0.05, 0.1) is 5.69 Å². The van der Waals surface area contributed by atoms with E-state index in [1.54, 1.807) is 18.4 Å². The van der Waals surface area contributed by atoms with Crippen molar-refractivity contribution < 1.29 is 4.74 Å². The fraction of sp³-hybridized carbons (Fsp3) is 0.769. The largest absolute Gasteiger partial charge is 0.371 e. The van der Waals surface area contributed by atoms with Crippen LogP contribution in [0.5, 0.6) is 0 Å². The van der Waals surface area contributed by atoms with E-state index >= 15 is 0 Å². The van der Waals surface area contributed by atoms with E-state index in [1.807, 2.05) is 0 Å². The van der Waals surface area contributed by atoms with Crippen molar-refractivity contribution >= 4 is 11.3 Å². The number of ether oxygens (including phenoxy) is 1. The van der Waals surface area contributed by atoms with E-state index in [0.29, 0.717) is 6.54 Å². The minimum Gasteiger partial charge on any atom is -0.371 e. The molecule has 3 nitrogen and oxygen atoms in total. The molecule has 0 spiro atoms. The Morgan fingerprint density at radius 2 is 2.29 bits per heavy atom. The number of nitrogens with zero attached hydrogens (tertiary/aromatic N) is 1. The van der Waals surface area contributed by atoms with Gasteiger partial charge < -0.3 is 10.5 Å². The molecule has 0 saturated heterocycles. The predicted molar refractivity (Wildman–Crippen MR) is 71.3 cm³/mol. The van der Waals surface area contributed by atoms with Crippen LogP contribution in [0, 0.1) is 0 Å². The lowest BCUT2D eigenvalue weighted by Crippen LogP contribution is -2.42. The lowest BCUT2D eigenvalue weighted by molar-refractivity contribution is -0.00189. The zero-order valence-electron chi connectivity index (χ0n) is 11.0. The quantitative estimate of drug-likeness (QED) is 0.879. The van der Waals surface area contributed by atoms with Gasteiger partial charge in [-0.1, -0.05) is 13.3 Å². The Morgan fingerprint density at radius 3 is 2.71 bits per heavy atom. The Balaban J connectivity index is 2.27. The van der Waals surface area contributed by atoms with Gasteiger partial charge in [0, 0.05) is 24.4 Å². The first-order valence-electron chi connectivity index (χ1n) is 6.32. The third-order valence-electron chi connectivity index (χ3n) is 4.33. The molecule has 4 heteroatoms. The molecule has 2 N–H and O–H groups in total. The molecule has 17 heavy (non-hydrogen) atoms. The first-order valence-corrected chi connectivity index (χ1v) is 7.20. The van der Waals surface area contributed by atoms with Crippen molar-refractivity contribution in [2.24, 2.45) is 5.73 Å². The van der Waals surface area contributed by atoms with Gasteiger partial charge >= 0.3 is 0 Å². The summed E-state index contributed by atoms with van der Waals surface area (Å²) in [5, 5.41) is 3.26. The van der Waals surface area contributed by atoms with Crippen LogP contribution in [0.4, 0.5) is 0 Å². The molecule has 1 aromatic rings. The molecule has 0 radical (unpaired) electrons. The monoisotopic (exact) mass is 254 g/mol. The average Bonchev–Trinajstić information content (AvgIpc) is 2.78. The lowest BCUT2D eigenvalue weighted by atomic mass is 9.67. The third-order valence-corrected chi connectivity index (χ3v) is 5.41. The molecule has 0 aliphatic heterocycles. The van der Waals surface area contributed by atoms with Crippen molar-refractivity contribution in [1.82, 2.24) is 4.98 Å². The predicted octanol–water partition coefficient (Wildman–Crippen LogP) is 2.80. The van der Waals surface area contributed by atoms with Crippen LogP contribution in [0.1, 0.15) is 50.2 Å². The highest BCUT2D eigenvalue weighted by Crippen LogP contribution is 2.44. The fourth-order valence-corrected chi connectivity index (χ4v) is 3.47. The summed E-state index contributed by atoms with van der Waals surface area (Å²) in [6.07, 6.45) is 4.58. The van der Waals surface area contributed by atoms with Crippen LogP contribution in [0.25, 0.3) is 0 Å². The molecule has 96 valence electrons. The number of rotatable bonds is 5. The van der Waals surface area contributed by atoms with Crippen molar-refractivity contribution in [3.05, 3.63) is 16.1 Å². The van der Waals surface area contributed by atoms with Crippen molar-refractivity contribution in [2.75, 3.05) is 13.7 Å². The molecular formula is C13H22N2OS. The number of thiazole rings is 1. The SMILES string of the molecule is CCC(C)(OC)c1nc(C2(CN)CCC2)cs1. The zero-order chi connectivity index (χ0) is 12.5. The van der Waals surface area contributed by atoms with E-state index in [9.17, 15) is 0 Å². The van der Waals surface area contributed by atoms with Gasteiger partial charge in [0.15, 0.2) is 0 Å². The maximum absolute atomic E-state index is 5.92.